The molecule has 1 aromatic heterocycles. The van der Waals surface area contributed by atoms with Gasteiger partial charge in [-0.3, -0.25) is 9.59 Å². The first-order valence-corrected chi connectivity index (χ1v) is 8.55. The number of rotatable bonds is 6. The minimum Gasteiger partial charge on any atom is -0.504 e. The van der Waals surface area contributed by atoms with Crippen LogP contribution >= 0.6 is 27.5 Å². The molecule has 0 unspecified atom stereocenters. The van der Waals surface area contributed by atoms with Crippen LogP contribution in [0.3, 0.4) is 0 Å². The predicted octanol–water partition coefficient (Wildman–Crippen LogP) is 4.54. The van der Waals surface area contributed by atoms with Gasteiger partial charge in [-0.2, -0.15) is 0 Å². The zero-order valence-corrected chi connectivity index (χ0v) is 15.5. The highest BCUT2D eigenvalue weighted by Gasteiger charge is 2.20. The van der Waals surface area contributed by atoms with E-state index >= 15 is 0 Å². The molecule has 0 aliphatic heterocycles. The van der Waals surface area contributed by atoms with Gasteiger partial charge in [-0.15, -0.1) is 0 Å². The lowest BCUT2D eigenvalue weighted by atomic mass is 10.1. The number of ketones is 1. The van der Waals surface area contributed by atoms with Crippen LogP contribution in [0.1, 0.15) is 30.3 Å². The van der Waals surface area contributed by atoms with E-state index in [1.54, 1.807) is 13.0 Å². The largest absolute Gasteiger partial charge is 0.504 e. The van der Waals surface area contributed by atoms with Crippen LogP contribution in [0.2, 0.25) is 5.02 Å². The number of pyridine rings is 1. The van der Waals surface area contributed by atoms with Crippen molar-refractivity contribution in [2.24, 2.45) is 0 Å². The molecule has 0 aliphatic rings. The number of carbonyl (C=O) groups is 2. The van der Waals surface area contributed by atoms with Crippen molar-refractivity contribution in [2.75, 3.05) is 6.61 Å². The van der Waals surface area contributed by atoms with Crippen molar-refractivity contribution in [3.05, 3.63) is 45.3 Å². The number of halogens is 3. The lowest BCUT2D eigenvalue weighted by Gasteiger charge is -2.10. The molecule has 5 nitrogen and oxygen atoms in total. The quantitative estimate of drug-likeness (QED) is 0.538. The van der Waals surface area contributed by atoms with Gasteiger partial charge in [0.05, 0.1) is 28.2 Å². The van der Waals surface area contributed by atoms with Crippen molar-refractivity contribution in [1.82, 2.24) is 4.98 Å². The van der Waals surface area contributed by atoms with Gasteiger partial charge in [-0.1, -0.05) is 23.7 Å². The topological polar surface area (TPSA) is 76.5 Å². The Morgan fingerprint density at radius 1 is 1.36 bits per heavy atom. The van der Waals surface area contributed by atoms with Gasteiger partial charge in [-0.05, 0) is 35.0 Å². The Labute approximate surface area is 156 Å². The number of hydrogen-bond donors (Lipinski definition) is 1. The van der Waals surface area contributed by atoms with Crippen LogP contribution in [0.5, 0.6) is 5.75 Å². The molecular weight excluding hydrogens is 417 g/mol. The number of benzene rings is 1. The second-order valence-electron chi connectivity index (χ2n) is 5.02. The maximum atomic E-state index is 13.6. The Balaban J connectivity index is 2.36. The molecule has 0 spiro atoms. The van der Waals surface area contributed by atoms with E-state index in [9.17, 15) is 19.1 Å². The number of aromatic hydroxyl groups is 1. The van der Waals surface area contributed by atoms with E-state index in [2.05, 4.69) is 20.9 Å². The van der Waals surface area contributed by atoms with Crippen LogP contribution in [0.15, 0.2) is 28.7 Å². The maximum absolute atomic E-state index is 13.6. The number of carbonyl (C=O) groups excluding carboxylic acids is 2. The number of esters is 1. The molecule has 0 fully saturated rings. The molecule has 2 aromatic rings. The first kappa shape index (κ1) is 19.3. The fourth-order valence-electron chi connectivity index (χ4n) is 2.11. The molecular formula is C17H14BrClFNO4. The molecule has 0 amide bonds. The number of ether oxygens (including phenoxy) is 1. The van der Waals surface area contributed by atoms with E-state index in [0.29, 0.717) is 0 Å². The molecule has 0 radical (unpaired) electrons. The zero-order valence-electron chi connectivity index (χ0n) is 13.2. The fourth-order valence-corrected chi connectivity index (χ4v) is 2.74. The molecule has 0 saturated heterocycles. The van der Waals surface area contributed by atoms with Gasteiger partial charge in [0.1, 0.15) is 11.5 Å². The lowest BCUT2D eigenvalue weighted by Crippen LogP contribution is -2.10. The molecule has 0 bridgehead atoms. The zero-order chi connectivity index (χ0) is 18.6. The smallest absolute Gasteiger partial charge is 0.306 e. The standard InChI is InChI=1S/C17H14BrClFNO4/c1-2-25-14(23)7-6-13(22)16-17(24)10(18)8-12(21-16)9-4-3-5-11(20)15(9)19/h3-5,8,24H,2,6-7H2,1H3. The number of aromatic nitrogens is 1. The summed E-state index contributed by atoms with van der Waals surface area (Å²) < 4.78 is 18.6. The second-order valence-corrected chi connectivity index (χ2v) is 6.25. The summed E-state index contributed by atoms with van der Waals surface area (Å²) in [7, 11) is 0. The summed E-state index contributed by atoms with van der Waals surface area (Å²) in [5.74, 6) is -2.04. The Bertz CT molecular complexity index is 829. The summed E-state index contributed by atoms with van der Waals surface area (Å²) in [5, 5.41) is 9.94. The van der Waals surface area contributed by atoms with E-state index < -0.39 is 17.6 Å². The highest BCUT2D eigenvalue weighted by molar-refractivity contribution is 9.10. The van der Waals surface area contributed by atoms with Crippen molar-refractivity contribution in [3.63, 3.8) is 0 Å². The van der Waals surface area contributed by atoms with Gasteiger partial charge in [0.25, 0.3) is 0 Å². The summed E-state index contributed by atoms with van der Waals surface area (Å²) in [4.78, 5) is 27.8. The summed E-state index contributed by atoms with van der Waals surface area (Å²) in [6.07, 6.45) is -0.303. The number of Topliss-reactive ketones (excluding diaryl/α,β-unsaturated/α-hetero) is 1. The lowest BCUT2D eigenvalue weighted by molar-refractivity contribution is -0.143. The molecule has 0 atom stereocenters. The molecule has 0 saturated carbocycles. The van der Waals surface area contributed by atoms with Crippen LogP contribution in [0.25, 0.3) is 11.3 Å². The highest BCUT2D eigenvalue weighted by Crippen LogP contribution is 2.35. The predicted molar refractivity (Wildman–Crippen MR) is 94.2 cm³/mol. The average Bonchev–Trinajstić information content (AvgIpc) is 2.58. The second kappa shape index (κ2) is 8.40. The monoisotopic (exact) mass is 429 g/mol. The normalized spacial score (nSPS) is 10.6. The summed E-state index contributed by atoms with van der Waals surface area (Å²) in [5.41, 5.74) is 0.268. The first-order valence-electron chi connectivity index (χ1n) is 7.37. The van der Waals surface area contributed by atoms with E-state index in [0.717, 1.165) is 0 Å². The van der Waals surface area contributed by atoms with Gasteiger partial charge in [-0.25, -0.2) is 9.37 Å². The van der Waals surface area contributed by atoms with Crippen LogP contribution in [-0.4, -0.2) is 28.4 Å². The van der Waals surface area contributed by atoms with Crippen LogP contribution < -0.4 is 0 Å². The van der Waals surface area contributed by atoms with Crippen molar-refractivity contribution in [3.8, 4) is 17.0 Å². The van der Waals surface area contributed by atoms with E-state index in [4.69, 9.17) is 16.3 Å². The molecule has 0 aliphatic carbocycles. The minimum atomic E-state index is -0.625. The molecule has 2 rings (SSSR count). The van der Waals surface area contributed by atoms with Gasteiger partial charge in [0, 0.05) is 12.0 Å². The maximum Gasteiger partial charge on any atom is 0.306 e. The van der Waals surface area contributed by atoms with Crippen LogP contribution in [-0.2, 0) is 9.53 Å². The van der Waals surface area contributed by atoms with Gasteiger partial charge >= 0.3 is 5.97 Å². The van der Waals surface area contributed by atoms with Crippen LogP contribution in [0.4, 0.5) is 4.39 Å². The third-order valence-corrected chi connectivity index (χ3v) is 4.29. The number of nitrogens with zero attached hydrogens (tertiary/aromatic N) is 1. The first-order chi connectivity index (χ1) is 11.8. The molecule has 132 valence electrons. The van der Waals surface area contributed by atoms with Crippen LogP contribution in [0, 0.1) is 5.82 Å². The SMILES string of the molecule is CCOC(=O)CCC(=O)c1nc(-c2cccc(F)c2Cl)cc(Br)c1O. The summed E-state index contributed by atoms with van der Waals surface area (Å²) in [6, 6.07) is 5.64. The Morgan fingerprint density at radius 3 is 2.76 bits per heavy atom. The van der Waals surface area contributed by atoms with E-state index in [1.165, 1.54) is 18.2 Å². The Morgan fingerprint density at radius 2 is 2.08 bits per heavy atom. The van der Waals surface area contributed by atoms with Gasteiger partial charge in [0.15, 0.2) is 11.5 Å². The van der Waals surface area contributed by atoms with Crippen molar-refractivity contribution >= 4 is 39.3 Å². The molecule has 1 N–H and O–H groups in total. The third-order valence-electron chi connectivity index (χ3n) is 3.30. The fraction of sp³-hybridized carbons (Fsp3) is 0.235. The molecule has 25 heavy (non-hydrogen) atoms. The van der Waals surface area contributed by atoms with Crippen molar-refractivity contribution in [1.29, 1.82) is 0 Å². The van der Waals surface area contributed by atoms with E-state index in [-0.39, 0.29) is 51.6 Å². The average molecular weight is 431 g/mol. The molecule has 1 heterocycles. The number of hydrogen-bond acceptors (Lipinski definition) is 5. The van der Waals surface area contributed by atoms with E-state index in [1.807, 2.05) is 0 Å². The Kier molecular flexibility index (Phi) is 6.50. The molecule has 1 aromatic carbocycles. The van der Waals surface area contributed by atoms with Crippen molar-refractivity contribution < 1.29 is 23.8 Å². The summed E-state index contributed by atoms with van der Waals surface area (Å²) in [6.45, 7) is 1.88. The summed E-state index contributed by atoms with van der Waals surface area (Å²) >= 11 is 9.09. The van der Waals surface area contributed by atoms with Gasteiger partial charge in [0.2, 0.25) is 0 Å². The highest BCUT2D eigenvalue weighted by atomic mass is 79.9. The molecule has 8 heteroatoms. The minimum absolute atomic E-state index is 0.129. The van der Waals surface area contributed by atoms with Crippen molar-refractivity contribution in [2.45, 2.75) is 19.8 Å². The van der Waals surface area contributed by atoms with Gasteiger partial charge < -0.3 is 9.84 Å². The Hall–Kier alpha value is -1.99. The third kappa shape index (κ3) is 4.55.